The first-order valence-corrected chi connectivity index (χ1v) is 6.66. The topological polar surface area (TPSA) is 29.5 Å². The second-order valence-corrected chi connectivity index (χ2v) is 5.51. The van der Waals surface area contributed by atoms with E-state index in [1.807, 2.05) is 13.8 Å². The normalized spacial score (nSPS) is 24.1. The summed E-state index contributed by atoms with van der Waals surface area (Å²) in [6.45, 7) is 4.81. The number of carbonyl (C=O) groups excluding carboxylic acids is 1. The zero-order valence-electron chi connectivity index (χ0n) is 10.3. The molecule has 1 aliphatic rings. The van der Waals surface area contributed by atoms with Crippen LogP contribution >= 0.6 is 15.9 Å². The lowest BCUT2D eigenvalue weighted by atomic mass is 10.1. The Labute approximate surface area is 114 Å². The van der Waals surface area contributed by atoms with Gasteiger partial charge in [0.05, 0.1) is 17.8 Å². The van der Waals surface area contributed by atoms with Crippen LogP contribution in [0.25, 0.3) is 0 Å². The number of hydrogen-bond acceptors (Lipinski definition) is 2. The van der Waals surface area contributed by atoms with Gasteiger partial charge in [0.15, 0.2) is 0 Å². The molecule has 0 saturated carbocycles. The molecule has 1 aliphatic heterocycles. The van der Waals surface area contributed by atoms with Crippen LogP contribution in [0.2, 0.25) is 0 Å². The van der Waals surface area contributed by atoms with Crippen molar-refractivity contribution in [3.8, 4) is 0 Å². The van der Waals surface area contributed by atoms with Crippen LogP contribution in [-0.2, 0) is 4.74 Å². The minimum atomic E-state index is -0.491. The number of rotatable bonds is 1. The average Bonchev–Trinajstić information content (AvgIpc) is 2.30. The molecular formula is C13H15BrFNO2. The van der Waals surface area contributed by atoms with Gasteiger partial charge in [-0.05, 0) is 32.0 Å². The molecule has 0 aliphatic carbocycles. The summed E-state index contributed by atoms with van der Waals surface area (Å²) in [5.41, 5.74) is 0.102. The lowest BCUT2D eigenvalue weighted by Gasteiger charge is -2.35. The molecule has 0 spiro atoms. The van der Waals surface area contributed by atoms with E-state index in [1.54, 1.807) is 11.0 Å². The van der Waals surface area contributed by atoms with Crippen molar-refractivity contribution in [1.29, 1.82) is 0 Å². The number of morpholine rings is 1. The second kappa shape index (κ2) is 5.36. The molecule has 2 rings (SSSR count). The van der Waals surface area contributed by atoms with Crippen LogP contribution in [0.3, 0.4) is 0 Å². The summed E-state index contributed by atoms with van der Waals surface area (Å²) in [5.74, 6) is -0.772. The first kappa shape index (κ1) is 13.5. The van der Waals surface area contributed by atoms with Crippen LogP contribution in [0, 0.1) is 5.82 Å². The Balaban J connectivity index is 2.22. The summed E-state index contributed by atoms with van der Waals surface area (Å²) in [7, 11) is 0. The standard InChI is InChI=1S/C13H15BrFNO2/c1-8-6-16(7-9(2)18-8)13(17)11-5-10(14)3-4-12(11)15/h3-5,8-9H,6-7H2,1-2H3/t8-,9+. The molecule has 0 radical (unpaired) electrons. The Morgan fingerprint density at radius 1 is 1.39 bits per heavy atom. The number of ether oxygens (including phenoxy) is 1. The van der Waals surface area contributed by atoms with E-state index >= 15 is 0 Å². The van der Waals surface area contributed by atoms with Crippen molar-refractivity contribution < 1.29 is 13.9 Å². The van der Waals surface area contributed by atoms with E-state index in [-0.39, 0.29) is 23.7 Å². The summed E-state index contributed by atoms with van der Waals surface area (Å²) < 4.78 is 19.9. The SMILES string of the molecule is C[C@@H]1CN(C(=O)c2cc(Br)ccc2F)C[C@H](C)O1. The molecule has 18 heavy (non-hydrogen) atoms. The Morgan fingerprint density at radius 3 is 2.61 bits per heavy atom. The first-order valence-electron chi connectivity index (χ1n) is 5.87. The van der Waals surface area contributed by atoms with Gasteiger partial charge in [0.1, 0.15) is 5.82 Å². The molecule has 0 unspecified atom stereocenters. The van der Waals surface area contributed by atoms with Crippen LogP contribution in [-0.4, -0.2) is 36.1 Å². The lowest BCUT2D eigenvalue weighted by molar-refractivity contribution is -0.0587. The smallest absolute Gasteiger partial charge is 0.257 e. The second-order valence-electron chi connectivity index (χ2n) is 4.59. The number of halogens is 2. The van der Waals surface area contributed by atoms with Crippen molar-refractivity contribution in [2.75, 3.05) is 13.1 Å². The largest absolute Gasteiger partial charge is 0.372 e. The molecule has 5 heteroatoms. The summed E-state index contributed by atoms with van der Waals surface area (Å²) in [4.78, 5) is 13.9. The molecule has 0 N–H and O–H groups in total. The van der Waals surface area contributed by atoms with E-state index in [1.165, 1.54) is 12.1 Å². The van der Waals surface area contributed by atoms with Gasteiger partial charge in [0.2, 0.25) is 0 Å². The van der Waals surface area contributed by atoms with Crippen LogP contribution in [0.1, 0.15) is 24.2 Å². The molecular weight excluding hydrogens is 301 g/mol. The van der Waals surface area contributed by atoms with Gasteiger partial charge in [-0.3, -0.25) is 4.79 Å². The molecule has 0 bridgehead atoms. The monoisotopic (exact) mass is 315 g/mol. The number of hydrogen-bond donors (Lipinski definition) is 0. The molecule has 1 heterocycles. The van der Waals surface area contributed by atoms with E-state index in [4.69, 9.17) is 4.74 Å². The first-order chi connectivity index (χ1) is 8.47. The van der Waals surface area contributed by atoms with Gasteiger partial charge in [0, 0.05) is 17.6 Å². The van der Waals surface area contributed by atoms with Crippen LogP contribution in [0.4, 0.5) is 4.39 Å². The van der Waals surface area contributed by atoms with E-state index in [2.05, 4.69) is 15.9 Å². The Hall–Kier alpha value is -0.940. The van der Waals surface area contributed by atoms with Crippen molar-refractivity contribution in [3.05, 3.63) is 34.1 Å². The number of amides is 1. The molecule has 1 aromatic rings. The maximum absolute atomic E-state index is 13.7. The van der Waals surface area contributed by atoms with Crippen LogP contribution < -0.4 is 0 Å². The van der Waals surface area contributed by atoms with Crippen molar-refractivity contribution in [2.45, 2.75) is 26.1 Å². The fourth-order valence-electron chi connectivity index (χ4n) is 2.18. The third kappa shape index (κ3) is 2.90. The highest BCUT2D eigenvalue weighted by molar-refractivity contribution is 9.10. The predicted octanol–water partition coefficient (Wildman–Crippen LogP) is 2.84. The van der Waals surface area contributed by atoms with Gasteiger partial charge < -0.3 is 9.64 Å². The van der Waals surface area contributed by atoms with Crippen molar-refractivity contribution in [3.63, 3.8) is 0 Å². The molecule has 2 atom stereocenters. The number of nitrogens with zero attached hydrogens (tertiary/aromatic N) is 1. The van der Waals surface area contributed by atoms with Gasteiger partial charge in [0.25, 0.3) is 5.91 Å². The van der Waals surface area contributed by atoms with E-state index < -0.39 is 5.82 Å². The minimum absolute atomic E-state index is 0.0204. The van der Waals surface area contributed by atoms with Crippen molar-refractivity contribution in [2.24, 2.45) is 0 Å². The molecule has 1 saturated heterocycles. The summed E-state index contributed by atoms with van der Waals surface area (Å²) in [6.07, 6.45) is -0.0409. The fourth-order valence-corrected chi connectivity index (χ4v) is 2.54. The maximum Gasteiger partial charge on any atom is 0.257 e. The lowest BCUT2D eigenvalue weighted by Crippen LogP contribution is -2.48. The van der Waals surface area contributed by atoms with Crippen LogP contribution in [0.5, 0.6) is 0 Å². The highest BCUT2D eigenvalue weighted by Gasteiger charge is 2.27. The number of benzene rings is 1. The Morgan fingerprint density at radius 2 is 2.00 bits per heavy atom. The highest BCUT2D eigenvalue weighted by Crippen LogP contribution is 2.19. The summed E-state index contributed by atoms with van der Waals surface area (Å²) >= 11 is 3.25. The summed E-state index contributed by atoms with van der Waals surface area (Å²) in [5, 5.41) is 0. The van der Waals surface area contributed by atoms with Gasteiger partial charge in [-0.15, -0.1) is 0 Å². The Kier molecular flexibility index (Phi) is 4.02. The van der Waals surface area contributed by atoms with Gasteiger partial charge >= 0.3 is 0 Å². The zero-order valence-corrected chi connectivity index (χ0v) is 11.9. The predicted molar refractivity (Wildman–Crippen MR) is 70.0 cm³/mol. The zero-order chi connectivity index (χ0) is 13.3. The molecule has 1 amide bonds. The van der Waals surface area contributed by atoms with Gasteiger partial charge in [-0.1, -0.05) is 15.9 Å². The van der Waals surface area contributed by atoms with Crippen LogP contribution in [0.15, 0.2) is 22.7 Å². The van der Waals surface area contributed by atoms with Gasteiger partial charge in [-0.25, -0.2) is 4.39 Å². The van der Waals surface area contributed by atoms with Crippen molar-refractivity contribution >= 4 is 21.8 Å². The molecule has 1 aromatic carbocycles. The Bertz CT molecular complexity index is 456. The van der Waals surface area contributed by atoms with Gasteiger partial charge in [-0.2, -0.15) is 0 Å². The molecule has 0 aromatic heterocycles. The van der Waals surface area contributed by atoms with E-state index in [0.717, 1.165) is 0 Å². The summed E-state index contributed by atoms with van der Waals surface area (Å²) in [6, 6.07) is 4.39. The van der Waals surface area contributed by atoms with E-state index in [0.29, 0.717) is 17.6 Å². The molecule has 3 nitrogen and oxygen atoms in total. The maximum atomic E-state index is 13.7. The fraction of sp³-hybridized carbons (Fsp3) is 0.462. The van der Waals surface area contributed by atoms with Crippen molar-refractivity contribution in [1.82, 2.24) is 4.90 Å². The molecule has 98 valence electrons. The average molecular weight is 316 g/mol. The third-order valence-corrected chi connectivity index (χ3v) is 3.36. The minimum Gasteiger partial charge on any atom is -0.372 e. The third-order valence-electron chi connectivity index (χ3n) is 2.87. The quantitative estimate of drug-likeness (QED) is 0.797. The van der Waals surface area contributed by atoms with E-state index in [9.17, 15) is 9.18 Å². The molecule has 1 fully saturated rings. The highest BCUT2D eigenvalue weighted by atomic mass is 79.9. The number of carbonyl (C=O) groups is 1.